The summed E-state index contributed by atoms with van der Waals surface area (Å²) in [6.45, 7) is 3.85. The molecule has 0 radical (unpaired) electrons. The van der Waals surface area contributed by atoms with Gasteiger partial charge in [0, 0.05) is 28.8 Å². The molecule has 0 bridgehead atoms. The van der Waals surface area contributed by atoms with Crippen molar-refractivity contribution < 1.29 is 4.79 Å². The minimum atomic E-state index is -0.0912. The van der Waals surface area contributed by atoms with Crippen LogP contribution in [0.1, 0.15) is 17.0 Å². The maximum Gasteiger partial charge on any atom is 0.228 e. The summed E-state index contributed by atoms with van der Waals surface area (Å²) in [7, 11) is 0. The molecule has 0 aliphatic carbocycles. The smallest absolute Gasteiger partial charge is 0.228 e. The Hall–Kier alpha value is -3.15. The number of aromatic nitrogens is 3. The molecule has 3 aromatic rings. The number of nitrogen functional groups attached to an aromatic ring is 1. The lowest BCUT2D eigenvalue weighted by Gasteiger charge is -2.07. The number of rotatable bonds is 4. The van der Waals surface area contributed by atoms with Crippen molar-refractivity contribution in [3.63, 3.8) is 0 Å². The first-order valence-corrected chi connectivity index (χ1v) is 7.66. The van der Waals surface area contributed by atoms with Gasteiger partial charge in [0.05, 0.1) is 12.1 Å². The molecule has 0 fully saturated rings. The number of carbonyl (C=O) groups is 1. The second kappa shape index (κ2) is 6.54. The van der Waals surface area contributed by atoms with Crippen molar-refractivity contribution in [2.24, 2.45) is 0 Å². The van der Waals surface area contributed by atoms with Gasteiger partial charge in [-0.15, -0.1) is 0 Å². The molecule has 2 heterocycles. The Morgan fingerprint density at radius 1 is 1.17 bits per heavy atom. The third-order valence-corrected chi connectivity index (χ3v) is 3.84. The maximum absolute atomic E-state index is 12.3. The zero-order valence-corrected chi connectivity index (χ0v) is 13.7. The molecule has 0 unspecified atom stereocenters. The van der Waals surface area contributed by atoms with E-state index in [9.17, 15) is 4.79 Å². The van der Waals surface area contributed by atoms with Crippen molar-refractivity contribution in [2.45, 2.75) is 20.3 Å². The highest BCUT2D eigenvalue weighted by Gasteiger charge is 2.16. The molecule has 0 aliphatic rings. The van der Waals surface area contributed by atoms with E-state index >= 15 is 0 Å². The number of carbonyl (C=O) groups excluding carboxylic acids is 1. The average Bonchev–Trinajstić information content (AvgIpc) is 2.86. The summed E-state index contributed by atoms with van der Waals surface area (Å²) in [6, 6.07) is 12.7. The SMILES string of the molecule is Cc1nn(-c2ccccn2)c(C)c1CC(=O)Nc1ccc(N)cc1. The first kappa shape index (κ1) is 15.7. The highest BCUT2D eigenvalue weighted by molar-refractivity contribution is 5.92. The van der Waals surface area contributed by atoms with Gasteiger partial charge in [-0.2, -0.15) is 5.10 Å². The largest absolute Gasteiger partial charge is 0.399 e. The van der Waals surface area contributed by atoms with Gasteiger partial charge in [0.25, 0.3) is 0 Å². The molecule has 0 spiro atoms. The maximum atomic E-state index is 12.3. The Kier molecular flexibility index (Phi) is 4.29. The first-order chi connectivity index (χ1) is 11.5. The molecular formula is C18H19N5O. The van der Waals surface area contributed by atoms with Gasteiger partial charge in [-0.25, -0.2) is 9.67 Å². The van der Waals surface area contributed by atoms with E-state index in [0.717, 1.165) is 28.5 Å². The molecule has 0 saturated heterocycles. The van der Waals surface area contributed by atoms with E-state index in [-0.39, 0.29) is 12.3 Å². The van der Waals surface area contributed by atoms with Crippen LogP contribution in [0.3, 0.4) is 0 Å². The van der Waals surface area contributed by atoms with E-state index < -0.39 is 0 Å². The number of anilines is 2. The fraction of sp³-hybridized carbons (Fsp3) is 0.167. The number of benzene rings is 1. The number of aryl methyl sites for hydroxylation is 1. The van der Waals surface area contributed by atoms with Crippen LogP contribution >= 0.6 is 0 Å². The second-order valence-corrected chi connectivity index (χ2v) is 5.60. The fourth-order valence-electron chi connectivity index (χ4n) is 2.57. The Balaban J connectivity index is 1.79. The Labute approximate surface area is 140 Å². The molecule has 3 N–H and O–H groups in total. The number of nitrogens with two attached hydrogens (primary N) is 1. The van der Waals surface area contributed by atoms with Gasteiger partial charge in [-0.3, -0.25) is 4.79 Å². The van der Waals surface area contributed by atoms with Gasteiger partial charge in [-0.1, -0.05) is 6.07 Å². The monoisotopic (exact) mass is 321 g/mol. The van der Waals surface area contributed by atoms with Gasteiger partial charge >= 0.3 is 0 Å². The molecule has 6 nitrogen and oxygen atoms in total. The molecule has 0 atom stereocenters. The minimum Gasteiger partial charge on any atom is -0.399 e. The third-order valence-electron chi connectivity index (χ3n) is 3.84. The lowest BCUT2D eigenvalue weighted by Crippen LogP contribution is -2.15. The number of pyridine rings is 1. The van der Waals surface area contributed by atoms with Crippen molar-refractivity contribution in [2.75, 3.05) is 11.1 Å². The van der Waals surface area contributed by atoms with E-state index in [1.54, 1.807) is 35.1 Å². The summed E-state index contributed by atoms with van der Waals surface area (Å²) in [6.07, 6.45) is 1.98. The lowest BCUT2D eigenvalue weighted by molar-refractivity contribution is -0.115. The van der Waals surface area contributed by atoms with Gasteiger partial charge < -0.3 is 11.1 Å². The van der Waals surface area contributed by atoms with Crippen LogP contribution in [-0.2, 0) is 11.2 Å². The molecule has 0 saturated carbocycles. The molecule has 24 heavy (non-hydrogen) atoms. The quantitative estimate of drug-likeness (QED) is 0.723. The Bertz CT molecular complexity index is 853. The van der Waals surface area contributed by atoms with E-state index in [4.69, 9.17) is 5.73 Å². The van der Waals surface area contributed by atoms with E-state index in [2.05, 4.69) is 15.4 Å². The molecule has 1 aromatic carbocycles. The highest BCUT2D eigenvalue weighted by atomic mass is 16.1. The molecule has 2 aromatic heterocycles. The number of hydrogen-bond donors (Lipinski definition) is 2. The average molecular weight is 321 g/mol. The zero-order chi connectivity index (χ0) is 17.1. The van der Waals surface area contributed by atoms with Crippen molar-refractivity contribution in [1.29, 1.82) is 0 Å². The normalized spacial score (nSPS) is 10.6. The number of nitrogens with zero attached hydrogens (tertiary/aromatic N) is 3. The van der Waals surface area contributed by atoms with Crippen molar-refractivity contribution >= 4 is 17.3 Å². The van der Waals surface area contributed by atoms with Crippen LogP contribution in [0, 0.1) is 13.8 Å². The van der Waals surface area contributed by atoms with Crippen LogP contribution in [0.15, 0.2) is 48.7 Å². The number of hydrogen-bond acceptors (Lipinski definition) is 4. The molecule has 3 rings (SSSR count). The van der Waals surface area contributed by atoms with E-state index in [1.807, 2.05) is 32.0 Å². The summed E-state index contributed by atoms with van der Waals surface area (Å²) in [5.41, 5.74) is 9.69. The summed E-state index contributed by atoms with van der Waals surface area (Å²) >= 11 is 0. The molecule has 1 amide bonds. The molecular weight excluding hydrogens is 302 g/mol. The fourth-order valence-corrected chi connectivity index (χ4v) is 2.57. The first-order valence-electron chi connectivity index (χ1n) is 7.66. The summed E-state index contributed by atoms with van der Waals surface area (Å²) in [5.74, 6) is 0.648. The van der Waals surface area contributed by atoms with Crippen LogP contribution in [0.25, 0.3) is 5.82 Å². The van der Waals surface area contributed by atoms with Gasteiger partial charge in [-0.05, 0) is 50.2 Å². The zero-order valence-electron chi connectivity index (χ0n) is 13.7. The van der Waals surface area contributed by atoms with Gasteiger partial charge in [0.1, 0.15) is 0 Å². The van der Waals surface area contributed by atoms with Crippen molar-refractivity contribution in [3.8, 4) is 5.82 Å². The summed E-state index contributed by atoms with van der Waals surface area (Å²) in [5, 5.41) is 7.38. The van der Waals surface area contributed by atoms with E-state index in [1.165, 1.54) is 0 Å². The summed E-state index contributed by atoms with van der Waals surface area (Å²) in [4.78, 5) is 16.6. The molecule has 6 heteroatoms. The summed E-state index contributed by atoms with van der Waals surface area (Å²) < 4.78 is 1.77. The molecule has 0 aliphatic heterocycles. The Morgan fingerprint density at radius 2 is 1.92 bits per heavy atom. The topological polar surface area (TPSA) is 85.8 Å². The standard InChI is InChI=1S/C18H19N5O/c1-12-16(11-18(24)21-15-8-6-14(19)7-9-15)13(2)23(22-12)17-5-3-4-10-20-17/h3-10H,11,19H2,1-2H3,(H,21,24). The van der Waals surface area contributed by atoms with Crippen LogP contribution in [0.2, 0.25) is 0 Å². The van der Waals surface area contributed by atoms with Crippen LogP contribution < -0.4 is 11.1 Å². The minimum absolute atomic E-state index is 0.0912. The van der Waals surface area contributed by atoms with Crippen LogP contribution in [0.5, 0.6) is 0 Å². The lowest BCUT2D eigenvalue weighted by atomic mass is 10.1. The number of amides is 1. The third kappa shape index (κ3) is 3.27. The highest BCUT2D eigenvalue weighted by Crippen LogP contribution is 2.18. The van der Waals surface area contributed by atoms with Crippen LogP contribution in [-0.4, -0.2) is 20.7 Å². The predicted molar refractivity (Wildman–Crippen MR) is 94.0 cm³/mol. The van der Waals surface area contributed by atoms with Crippen molar-refractivity contribution in [3.05, 3.63) is 65.6 Å². The predicted octanol–water partition coefficient (Wildman–Crippen LogP) is 2.65. The van der Waals surface area contributed by atoms with Crippen LogP contribution in [0.4, 0.5) is 11.4 Å². The number of nitrogens with one attached hydrogen (secondary N) is 1. The van der Waals surface area contributed by atoms with E-state index in [0.29, 0.717) is 5.69 Å². The van der Waals surface area contributed by atoms with Gasteiger partial charge in [0.2, 0.25) is 5.91 Å². The van der Waals surface area contributed by atoms with Crippen molar-refractivity contribution in [1.82, 2.24) is 14.8 Å². The molecule has 122 valence electrons. The Morgan fingerprint density at radius 3 is 2.58 bits per heavy atom. The van der Waals surface area contributed by atoms with Gasteiger partial charge in [0.15, 0.2) is 5.82 Å². The second-order valence-electron chi connectivity index (χ2n) is 5.60.